The van der Waals surface area contributed by atoms with Gasteiger partial charge in [0.25, 0.3) is 0 Å². The Labute approximate surface area is 115 Å². The van der Waals surface area contributed by atoms with Crippen molar-refractivity contribution in [3.63, 3.8) is 0 Å². The van der Waals surface area contributed by atoms with Gasteiger partial charge >= 0.3 is 0 Å². The third-order valence-electron chi connectivity index (χ3n) is 3.61. The number of benzene rings is 1. The van der Waals surface area contributed by atoms with Crippen molar-refractivity contribution < 1.29 is 0 Å². The van der Waals surface area contributed by atoms with E-state index in [-0.39, 0.29) is 0 Å². The van der Waals surface area contributed by atoms with Gasteiger partial charge in [0, 0.05) is 31.9 Å². The van der Waals surface area contributed by atoms with Gasteiger partial charge in [-0.05, 0) is 25.5 Å². The number of nitrogens with zero attached hydrogens (tertiary/aromatic N) is 2. The van der Waals surface area contributed by atoms with E-state index in [1.165, 1.54) is 30.7 Å². The van der Waals surface area contributed by atoms with Gasteiger partial charge in [0.15, 0.2) is 0 Å². The predicted molar refractivity (Wildman–Crippen MR) is 79.0 cm³/mol. The van der Waals surface area contributed by atoms with E-state index in [4.69, 9.17) is 0 Å². The van der Waals surface area contributed by atoms with Crippen molar-refractivity contribution in [2.45, 2.75) is 31.7 Å². The smallest absolute Gasteiger partial charge is 0.108 e. The van der Waals surface area contributed by atoms with Crippen LogP contribution in [0.25, 0.3) is 0 Å². The first-order chi connectivity index (χ1) is 9.31. The van der Waals surface area contributed by atoms with Gasteiger partial charge < -0.3 is 9.88 Å². The van der Waals surface area contributed by atoms with Crippen molar-refractivity contribution >= 4 is 0 Å². The summed E-state index contributed by atoms with van der Waals surface area (Å²) in [5.74, 6) is 1.18. The topological polar surface area (TPSA) is 29.9 Å². The standard InChI is InChI=1S/C16H23N3/c1-17-15(14-8-4-3-5-9-14)10-6-7-11-16-18-12-13-19(16)2/h3-5,8-9,12-13,15,17H,6-7,10-11H2,1-2H3. The highest BCUT2D eigenvalue weighted by Crippen LogP contribution is 2.19. The Morgan fingerprint density at radius 3 is 2.63 bits per heavy atom. The molecule has 1 heterocycles. The lowest BCUT2D eigenvalue weighted by Gasteiger charge is -2.16. The van der Waals surface area contributed by atoms with Crippen LogP contribution < -0.4 is 5.32 Å². The molecule has 1 aromatic heterocycles. The molecule has 0 bridgehead atoms. The molecule has 1 aromatic carbocycles. The van der Waals surface area contributed by atoms with E-state index < -0.39 is 0 Å². The lowest BCUT2D eigenvalue weighted by molar-refractivity contribution is 0.510. The quantitative estimate of drug-likeness (QED) is 0.772. The number of imidazole rings is 1. The average molecular weight is 257 g/mol. The third-order valence-corrected chi connectivity index (χ3v) is 3.61. The molecule has 102 valence electrons. The molecule has 0 fully saturated rings. The molecule has 1 atom stereocenters. The molecule has 2 aromatic rings. The number of hydrogen-bond acceptors (Lipinski definition) is 2. The molecular weight excluding hydrogens is 234 g/mol. The summed E-state index contributed by atoms with van der Waals surface area (Å²) in [5.41, 5.74) is 1.38. The van der Waals surface area contributed by atoms with Crippen LogP contribution in [0.3, 0.4) is 0 Å². The number of aromatic nitrogens is 2. The van der Waals surface area contributed by atoms with Gasteiger partial charge in [-0.3, -0.25) is 0 Å². The Morgan fingerprint density at radius 2 is 2.00 bits per heavy atom. The minimum absolute atomic E-state index is 0.461. The zero-order valence-electron chi connectivity index (χ0n) is 11.8. The van der Waals surface area contributed by atoms with Crippen molar-refractivity contribution in [2.75, 3.05) is 7.05 Å². The number of nitrogens with one attached hydrogen (secondary N) is 1. The number of unbranched alkanes of at least 4 members (excludes halogenated alkanes) is 1. The van der Waals surface area contributed by atoms with E-state index in [0.29, 0.717) is 6.04 Å². The van der Waals surface area contributed by atoms with Crippen LogP contribution in [-0.2, 0) is 13.5 Å². The summed E-state index contributed by atoms with van der Waals surface area (Å²) in [6.07, 6.45) is 8.52. The minimum atomic E-state index is 0.461. The Morgan fingerprint density at radius 1 is 1.21 bits per heavy atom. The molecular formula is C16H23N3. The van der Waals surface area contributed by atoms with Crippen LogP contribution in [0.5, 0.6) is 0 Å². The van der Waals surface area contributed by atoms with E-state index in [1.807, 2.05) is 19.4 Å². The molecule has 0 saturated heterocycles. The van der Waals surface area contributed by atoms with Gasteiger partial charge in [-0.2, -0.15) is 0 Å². The second kappa shape index (κ2) is 7.10. The molecule has 0 amide bonds. The first-order valence-corrected chi connectivity index (χ1v) is 6.99. The fourth-order valence-corrected chi connectivity index (χ4v) is 2.43. The Kier molecular flexibility index (Phi) is 5.16. The number of rotatable bonds is 7. The fourth-order valence-electron chi connectivity index (χ4n) is 2.43. The van der Waals surface area contributed by atoms with Crippen LogP contribution in [0, 0.1) is 0 Å². The lowest BCUT2D eigenvalue weighted by Crippen LogP contribution is -2.16. The third kappa shape index (κ3) is 3.93. The van der Waals surface area contributed by atoms with Crippen LogP contribution in [0.4, 0.5) is 0 Å². The highest BCUT2D eigenvalue weighted by molar-refractivity contribution is 5.18. The summed E-state index contributed by atoms with van der Waals surface area (Å²) in [5, 5.41) is 3.40. The number of aryl methyl sites for hydroxylation is 2. The van der Waals surface area contributed by atoms with Crippen LogP contribution >= 0.6 is 0 Å². The maximum Gasteiger partial charge on any atom is 0.108 e. The summed E-state index contributed by atoms with van der Waals surface area (Å²) in [6.45, 7) is 0. The van der Waals surface area contributed by atoms with Gasteiger partial charge in [0.2, 0.25) is 0 Å². The van der Waals surface area contributed by atoms with Gasteiger partial charge in [-0.15, -0.1) is 0 Å². The summed E-state index contributed by atoms with van der Waals surface area (Å²) in [4.78, 5) is 4.36. The number of hydrogen-bond donors (Lipinski definition) is 1. The molecule has 0 aliphatic carbocycles. The zero-order chi connectivity index (χ0) is 13.5. The molecule has 1 N–H and O–H groups in total. The molecule has 0 aliphatic heterocycles. The van der Waals surface area contributed by atoms with Crippen LogP contribution in [0.2, 0.25) is 0 Å². The second-order valence-corrected chi connectivity index (χ2v) is 4.95. The molecule has 3 heteroatoms. The second-order valence-electron chi connectivity index (χ2n) is 4.95. The van der Waals surface area contributed by atoms with E-state index in [0.717, 1.165) is 6.42 Å². The van der Waals surface area contributed by atoms with Crippen LogP contribution in [0.15, 0.2) is 42.7 Å². The summed E-state index contributed by atoms with van der Waals surface area (Å²) in [7, 11) is 4.10. The van der Waals surface area contributed by atoms with Crippen molar-refractivity contribution in [3.05, 3.63) is 54.1 Å². The Hall–Kier alpha value is -1.61. The molecule has 1 unspecified atom stereocenters. The monoisotopic (exact) mass is 257 g/mol. The van der Waals surface area contributed by atoms with Gasteiger partial charge in [0.05, 0.1) is 0 Å². The van der Waals surface area contributed by atoms with Crippen LogP contribution in [0.1, 0.15) is 36.7 Å². The first-order valence-electron chi connectivity index (χ1n) is 6.99. The minimum Gasteiger partial charge on any atom is -0.338 e. The highest BCUT2D eigenvalue weighted by atomic mass is 15.0. The van der Waals surface area contributed by atoms with Gasteiger partial charge in [-0.25, -0.2) is 4.98 Å². The van der Waals surface area contributed by atoms with E-state index in [9.17, 15) is 0 Å². The van der Waals surface area contributed by atoms with Crippen molar-refractivity contribution in [1.29, 1.82) is 0 Å². The molecule has 0 aliphatic rings. The van der Waals surface area contributed by atoms with Crippen molar-refractivity contribution in [1.82, 2.24) is 14.9 Å². The van der Waals surface area contributed by atoms with E-state index in [2.05, 4.69) is 52.2 Å². The SMILES string of the molecule is CNC(CCCCc1nccn1C)c1ccccc1. The molecule has 2 rings (SSSR count). The van der Waals surface area contributed by atoms with Crippen molar-refractivity contribution in [2.24, 2.45) is 7.05 Å². The normalized spacial score (nSPS) is 12.5. The Balaban J connectivity index is 1.77. The van der Waals surface area contributed by atoms with Gasteiger partial charge in [0.1, 0.15) is 5.82 Å². The van der Waals surface area contributed by atoms with E-state index in [1.54, 1.807) is 0 Å². The summed E-state index contributed by atoms with van der Waals surface area (Å²) < 4.78 is 2.10. The maximum atomic E-state index is 4.36. The molecule has 0 saturated carbocycles. The molecule has 3 nitrogen and oxygen atoms in total. The average Bonchev–Trinajstić information content (AvgIpc) is 2.85. The molecule has 0 radical (unpaired) electrons. The largest absolute Gasteiger partial charge is 0.338 e. The first kappa shape index (κ1) is 13.8. The lowest BCUT2D eigenvalue weighted by atomic mass is 10.0. The van der Waals surface area contributed by atoms with Crippen LogP contribution in [-0.4, -0.2) is 16.6 Å². The highest BCUT2D eigenvalue weighted by Gasteiger charge is 2.08. The maximum absolute atomic E-state index is 4.36. The Bertz CT molecular complexity index is 476. The summed E-state index contributed by atoms with van der Waals surface area (Å²) >= 11 is 0. The van der Waals surface area contributed by atoms with Gasteiger partial charge in [-0.1, -0.05) is 36.8 Å². The van der Waals surface area contributed by atoms with E-state index >= 15 is 0 Å². The molecule has 19 heavy (non-hydrogen) atoms. The van der Waals surface area contributed by atoms with Crippen molar-refractivity contribution in [3.8, 4) is 0 Å². The summed E-state index contributed by atoms with van der Waals surface area (Å²) in [6, 6.07) is 11.1. The molecule has 0 spiro atoms. The fraction of sp³-hybridized carbons (Fsp3) is 0.438. The predicted octanol–water partition coefficient (Wildman–Crippen LogP) is 3.09. The zero-order valence-corrected chi connectivity index (χ0v) is 11.8.